The summed E-state index contributed by atoms with van der Waals surface area (Å²) in [6.07, 6.45) is 4.07. The van der Waals surface area contributed by atoms with Gasteiger partial charge in [-0.3, -0.25) is 0 Å². The van der Waals surface area contributed by atoms with E-state index < -0.39 is 5.72 Å². The predicted octanol–water partition coefficient (Wildman–Crippen LogP) is 1.23. The predicted molar refractivity (Wildman–Crippen MR) is 39.0 cm³/mol. The molecule has 0 spiro atoms. The Labute approximate surface area is 57.1 Å². The van der Waals surface area contributed by atoms with Gasteiger partial charge in [0.05, 0.1) is 0 Å². The van der Waals surface area contributed by atoms with Crippen LogP contribution in [0.1, 0.15) is 39.5 Å². The van der Waals surface area contributed by atoms with E-state index in [0.717, 1.165) is 12.8 Å². The Hall–Kier alpha value is -0.0800. The minimum atomic E-state index is -0.949. The number of nitrogens with two attached hydrogens (primary N) is 1. The molecule has 2 nitrogen and oxygen atoms in total. The van der Waals surface area contributed by atoms with Crippen molar-refractivity contribution < 1.29 is 5.11 Å². The monoisotopic (exact) mass is 131 g/mol. The molecule has 0 heterocycles. The van der Waals surface area contributed by atoms with Crippen molar-refractivity contribution in [3.8, 4) is 0 Å². The van der Waals surface area contributed by atoms with E-state index >= 15 is 0 Å². The largest absolute Gasteiger partial charge is 0.376 e. The van der Waals surface area contributed by atoms with Crippen molar-refractivity contribution in [2.45, 2.75) is 45.3 Å². The van der Waals surface area contributed by atoms with Crippen LogP contribution in [-0.4, -0.2) is 10.8 Å². The molecule has 0 aromatic heterocycles. The summed E-state index contributed by atoms with van der Waals surface area (Å²) in [7, 11) is 0. The maximum atomic E-state index is 9.02. The van der Waals surface area contributed by atoms with Crippen molar-refractivity contribution in [3.05, 3.63) is 0 Å². The minimum Gasteiger partial charge on any atom is -0.376 e. The molecule has 0 fully saturated rings. The highest BCUT2D eigenvalue weighted by Crippen LogP contribution is 2.07. The van der Waals surface area contributed by atoms with Gasteiger partial charge in [0.2, 0.25) is 0 Å². The highest BCUT2D eigenvalue weighted by molar-refractivity contribution is 4.61. The maximum Gasteiger partial charge on any atom is 0.110 e. The average molecular weight is 131 g/mol. The zero-order chi connectivity index (χ0) is 7.33. The third-order valence-electron chi connectivity index (χ3n) is 1.29. The van der Waals surface area contributed by atoms with Crippen molar-refractivity contribution in [3.63, 3.8) is 0 Å². The molecule has 9 heavy (non-hydrogen) atoms. The normalized spacial score (nSPS) is 17.3. The molecule has 1 atom stereocenters. The van der Waals surface area contributed by atoms with Gasteiger partial charge in [0, 0.05) is 0 Å². The van der Waals surface area contributed by atoms with E-state index in [-0.39, 0.29) is 0 Å². The van der Waals surface area contributed by atoms with Crippen LogP contribution >= 0.6 is 0 Å². The Morgan fingerprint density at radius 2 is 2.00 bits per heavy atom. The van der Waals surface area contributed by atoms with E-state index in [1.54, 1.807) is 6.92 Å². The molecule has 0 rings (SSSR count). The fourth-order valence-electron chi connectivity index (χ4n) is 0.733. The van der Waals surface area contributed by atoms with Gasteiger partial charge in [-0.2, -0.15) is 0 Å². The Morgan fingerprint density at radius 1 is 1.44 bits per heavy atom. The van der Waals surface area contributed by atoms with Crippen molar-refractivity contribution >= 4 is 0 Å². The lowest BCUT2D eigenvalue weighted by Gasteiger charge is -2.15. The van der Waals surface area contributed by atoms with Crippen LogP contribution in [0, 0.1) is 0 Å². The van der Waals surface area contributed by atoms with Gasteiger partial charge >= 0.3 is 0 Å². The van der Waals surface area contributed by atoms with Gasteiger partial charge in [-0.15, -0.1) is 0 Å². The number of rotatable bonds is 4. The zero-order valence-corrected chi connectivity index (χ0v) is 6.35. The summed E-state index contributed by atoms with van der Waals surface area (Å²) in [5.41, 5.74) is 4.38. The Kier molecular flexibility index (Phi) is 3.82. The number of hydrogen-bond acceptors (Lipinski definition) is 2. The Bertz CT molecular complexity index is 65.8. The lowest BCUT2D eigenvalue weighted by molar-refractivity contribution is 0.0552. The lowest BCUT2D eigenvalue weighted by Crippen LogP contribution is -2.35. The fourth-order valence-corrected chi connectivity index (χ4v) is 0.733. The van der Waals surface area contributed by atoms with E-state index in [0.29, 0.717) is 6.42 Å². The molecule has 0 radical (unpaired) electrons. The molecule has 0 aliphatic heterocycles. The molecule has 0 amide bonds. The fraction of sp³-hybridized carbons (Fsp3) is 1.00. The molecule has 0 aromatic rings. The van der Waals surface area contributed by atoms with E-state index in [2.05, 4.69) is 6.92 Å². The van der Waals surface area contributed by atoms with E-state index in [1.807, 2.05) is 0 Å². The molecular weight excluding hydrogens is 114 g/mol. The van der Waals surface area contributed by atoms with Crippen LogP contribution in [0.25, 0.3) is 0 Å². The standard InChI is InChI=1S/C7H17NO/c1-3-4-5-6-7(2,8)9/h9H,3-6,8H2,1-2H3/t7-/m1/s1. The summed E-state index contributed by atoms with van der Waals surface area (Å²) in [5.74, 6) is 0. The van der Waals surface area contributed by atoms with Crippen molar-refractivity contribution in [1.29, 1.82) is 0 Å². The van der Waals surface area contributed by atoms with Gasteiger partial charge in [-0.25, -0.2) is 0 Å². The van der Waals surface area contributed by atoms with E-state index in [4.69, 9.17) is 10.8 Å². The minimum absolute atomic E-state index is 0.709. The third kappa shape index (κ3) is 7.92. The molecule has 0 saturated heterocycles. The summed E-state index contributed by atoms with van der Waals surface area (Å²) in [4.78, 5) is 0. The highest BCUT2D eigenvalue weighted by atomic mass is 16.3. The first kappa shape index (κ1) is 8.92. The van der Waals surface area contributed by atoms with Crippen LogP contribution in [0.4, 0.5) is 0 Å². The highest BCUT2D eigenvalue weighted by Gasteiger charge is 2.10. The summed E-state index contributed by atoms with van der Waals surface area (Å²) >= 11 is 0. The smallest absolute Gasteiger partial charge is 0.110 e. The number of hydrogen-bond donors (Lipinski definition) is 2. The second-order valence-electron chi connectivity index (χ2n) is 2.81. The first-order valence-electron chi connectivity index (χ1n) is 3.57. The van der Waals surface area contributed by atoms with Gasteiger partial charge < -0.3 is 10.8 Å². The number of aliphatic hydroxyl groups is 1. The Balaban J connectivity index is 3.07. The molecule has 0 aliphatic rings. The molecule has 0 aliphatic carbocycles. The van der Waals surface area contributed by atoms with E-state index in [9.17, 15) is 0 Å². The Morgan fingerprint density at radius 3 is 2.33 bits per heavy atom. The lowest BCUT2D eigenvalue weighted by atomic mass is 10.1. The third-order valence-corrected chi connectivity index (χ3v) is 1.29. The van der Waals surface area contributed by atoms with Crippen LogP contribution in [0.3, 0.4) is 0 Å². The summed E-state index contributed by atoms with van der Waals surface area (Å²) in [6, 6.07) is 0. The number of unbranched alkanes of at least 4 members (excludes halogenated alkanes) is 2. The van der Waals surface area contributed by atoms with Crippen LogP contribution in [0.5, 0.6) is 0 Å². The molecule has 0 aromatic carbocycles. The summed E-state index contributed by atoms with van der Waals surface area (Å²) < 4.78 is 0. The average Bonchev–Trinajstić information content (AvgIpc) is 1.63. The van der Waals surface area contributed by atoms with Gasteiger partial charge in [0.25, 0.3) is 0 Å². The molecule has 0 bridgehead atoms. The molecule has 0 saturated carbocycles. The summed E-state index contributed by atoms with van der Waals surface area (Å²) in [6.45, 7) is 3.77. The molecule has 56 valence electrons. The van der Waals surface area contributed by atoms with Crippen molar-refractivity contribution in [2.75, 3.05) is 0 Å². The van der Waals surface area contributed by atoms with Crippen LogP contribution in [0.2, 0.25) is 0 Å². The van der Waals surface area contributed by atoms with Crippen LogP contribution in [-0.2, 0) is 0 Å². The first-order chi connectivity index (χ1) is 4.06. The molecule has 3 N–H and O–H groups in total. The van der Waals surface area contributed by atoms with Crippen LogP contribution < -0.4 is 5.73 Å². The van der Waals surface area contributed by atoms with Crippen molar-refractivity contribution in [1.82, 2.24) is 0 Å². The SMILES string of the molecule is CCCCC[C@](C)(N)O. The van der Waals surface area contributed by atoms with Crippen molar-refractivity contribution in [2.24, 2.45) is 5.73 Å². The van der Waals surface area contributed by atoms with Gasteiger partial charge in [-0.1, -0.05) is 19.8 Å². The van der Waals surface area contributed by atoms with Crippen LogP contribution in [0.15, 0.2) is 0 Å². The molecule has 0 unspecified atom stereocenters. The zero-order valence-electron chi connectivity index (χ0n) is 6.35. The second kappa shape index (κ2) is 3.85. The second-order valence-corrected chi connectivity index (χ2v) is 2.81. The topological polar surface area (TPSA) is 46.2 Å². The molecule has 2 heteroatoms. The van der Waals surface area contributed by atoms with Gasteiger partial charge in [-0.05, 0) is 19.8 Å². The van der Waals surface area contributed by atoms with Gasteiger partial charge in [0.15, 0.2) is 0 Å². The maximum absolute atomic E-state index is 9.02. The van der Waals surface area contributed by atoms with Gasteiger partial charge in [0.1, 0.15) is 5.72 Å². The quantitative estimate of drug-likeness (QED) is 0.445. The molecular formula is C7H17NO. The summed E-state index contributed by atoms with van der Waals surface area (Å²) in [5, 5.41) is 9.02. The first-order valence-corrected chi connectivity index (χ1v) is 3.57. The van der Waals surface area contributed by atoms with E-state index in [1.165, 1.54) is 6.42 Å².